The third-order valence-electron chi connectivity index (χ3n) is 6.70. The van der Waals surface area contributed by atoms with E-state index < -0.39 is 23.0 Å². The van der Waals surface area contributed by atoms with Crippen LogP contribution in [0.4, 0.5) is 20.4 Å². The number of H-pyrrole nitrogens is 1. The second-order valence-electron chi connectivity index (χ2n) is 9.37. The van der Waals surface area contributed by atoms with Gasteiger partial charge < -0.3 is 20.7 Å². The second kappa shape index (κ2) is 13.1. The Hall–Kier alpha value is -1.44. The van der Waals surface area contributed by atoms with Crippen molar-refractivity contribution in [2.45, 2.75) is 52.6 Å². The van der Waals surface area contributed by atoms with Gasteiger partial charge in [0.1, 0.15) is 11.6 Å². The summed E-state index contributed by atoms with van der Waals surface area (Å²) in [5.41, 5.74) is 0.820. The van der Waals surface area contributed by atoms with Crippen LogP contribution in [0.1, 0.15) is 42.3 Å². The van der Waals surface area contributed by atoms with Gasteiger partial charge in [-0.25, -0.2) is 13.8 Å². The van der Waals surface area contributed by atoms with Gasteiger partial charge >= 0.3 is 51.4 Å². The molecule has 37 heavy (non-hydrogen) atoms. The number of halogens is 3. The number of benzene rings is 1. The van der Waals surface area contributed by atoms with E-state index in [0.717, 1.165) is 5.69 Å². The number of piperidine rings is 1. The van der Waals surface area contributed by atoms with E-state index >= 15 is 0 Å². The average Bonchev–Trinajstić information content (AvgIpc) is 3.21. The van der Waals surface area contributed by atoms with Crippen LogP contribution >= 0.6 is 11.6 Å². The molecule has 0 radical (unpaired) electrons. The summed E-state index contributed by atoms with van der Waals surface area (Å²) in [6.45, 7) is 6.07. The predicted molar refractivity (Wildman–Crippen MR) is 131 cm³/mol. The molecule has 4 N–H and O–H groups in total. The van der Waals surface area contributed by atoms with E-state index in [2.05, 4.69) is 20.5 Å². The molecule has 3 heterocycles. The third-order valence-corrected chi connectivity index (χ3v) is 6.99. The maximum Gasteiger partial charge on any atom is 1.00 e. The molecule has 1 aliphatic rings. The number of nitrogens with zero attached hydrogens (tertiary/aromatic N) is 3. The first-order chi connectivity index (χ1) is 16.6. The number of carbonyl (C=O) groups excluding carboxylic acids is 1. The van der Waals surface area contributed by atoms with Gasteiger partial charge in [-0.05, 0) is 57.9 Å². The van der Waals surface area contributed by atoms with Gasteiger partial charge in [-0.15, -0.1) is 0 Å². The third kappa shape index (κ3) is 7.15. The van der Waals surface area contributed by atoms with Crippen molar-refractivity contribution in [2.75, 3.05) is 11.9 Å². The molecule has 1 aromatic carbocycles. The van der Waals surface area contributed by atoms with Crippen molar-refractivity contribution in [1.82, 2.24) is 20.1 Å². The maximum atomic E-state index is 14.8. The van der Waals surface area contributed by atoms with Gasteiger partial charge in [0, 0.05) is 47.7 Å². The minimum absolute atomic E-state index is 0. The fraction of sp³-hybridized carbons (Fsp3) is 0.400. The molecule has 0 aliphatic carbocycles. The quantitative estimate of drug-likeness (QED) is 0.399. The topological polar surface area (TPSA) is 128 Å². The Bertz CT molecular complexity index is 1260. The van der Waals surface area contributed by atoms with Crippen molar-refractivity contribution >= 4 is 29.2 Å². The van der Waals surface area contributed by atoms with Gasteiger partial charge in [-0.2, -0.15) is 5.10 Å². The van der Waals surface area contributed by atoms with E-state index in [1.54, 1.807) is 38.1 Å². The Morgan fingerprint density at radius 3 is 2.65 bits per heavy atom. The minimum atomic E-state index is -1.18. The summed E-state index contributed by atoms with van der Waals surface area (Å²) in [5.74, 6) is -1.67. The van der Waals surface area contributed by atoms with Crippen LogP contribution in [0.2, 0.25) is 5.02 Å². The fourth-order valence-corrected chi connectivity index (χ4v) is 4.97. The molecular formula is C25H29ClF2KN5O3. The van der Waals surface area contributed by atoms with Crippen molar-refractivity contribution in [3.63, 3.8) is 0 Å². The Morgan fingerprint density at radius 2 is 2.03 bits per heavy atom. The van der Waals surface area contributed by atoms with Crippen molar-refractivity contribution in [1.29, 1.82) is 0 Å². The van der Waals surface area contributed by atoms with Crippen LogP contribution < -0.4 is 61.8 Å². The zero-order chi connectivity index (χ0) is 25.3. The molecule has 194 valence electrons. The van der Waals surface area contributed by atoms with Crippen LogP contribution in [0, 0.1) is 30.9 Å². The Balaban J connectivity index is 0.00000241. The van der Waals surface area contributed by atoms with Crippen molar-refractivity contribution in [3.05, 3.63) is 69.5 Å². The number of pyridine rings is 1. The number of hydrogen-bond acceptors (Lipinski definition) is 6. The molecule has 0 amide bonds. The normalized spacial score (nSPS) is 19.6. The van der Waals surface area contributed by atoms with Crippen LogP contribution in [0.15, 0.2) is 30.3 Å². The first kappa shape index (κ1) is 31.8. The molecule has 0 unspecified atom stereocenters. The molecular weight excluding hydrogens is 531 g/mol. The Labute approximate surface area is 261 Å². The number of hydrogen-bond donors (Lipinski definition) is 2. The second-order valence-corrected chi connectivity index (χ2v) is 9.78. The molecule has 1 aliphatic heterocycles. The van der Waals surface area contributed by atoms with Gasteiger partial charge in [0.15, 0.2) is 11.6 Å². The summed E-state index contributed by atoms with van der Waals surface area (Å²) in [5, 5.41) is 22.1. The molecule has 1 saturated heterocycles. The molecule has 12 heteroatoms. The van der Waals surface area contributed by atoms with E-state index in [1.165, 1.54) is 6.07 Å². The van der Waals surface area contributed by atoms with Gasteiger partial charge in [0.05, 0.1) is 10.7 Å². The number of carbonyl (C=O) groups is 1. The van der Waals surface area contributed by atoms with Crippen LogP contribution in [0.25, 0.3) is 0 Å². The standard InChI is InChI=1S/C25H28ClF2N5O2.K.H2O/c1-14-9-18(29-23(21(14)27)30-20-10-15(2)31-32-20)12-25(24(34)35)7-8-33(16(3)11-25)13-17-5-4-6-19(26)22(17)28;;/h4-6,9-10,16H,7-8,11-13H2,1-3H3,(H,34,35)(H2,29,30,31,32);;1H2/q;+1;/p-1/t16-,25-;;/m1../s1. The molecule has 8 nitrogen and oxygen atoms in total. The van der Waals surface area contributed by atoms with E-state index in [4.69, 9.17) is 11.6 Å². The molecule has 3 aromatic rings. The summed E-state index contributed by atoms with van der Waals surface area (Å²) in [7, 11) is 0. The average molecular weight is 560 g/mol. The van der Waals surface area contributed by atoms with Crippen molar-refractivity contribution < 1.29 is 75.5 Å². The van der Waals surface area contributed by atoms with E-state index in [-0.39, 0.29) is 86.6 Å². The molecule has 1 fully saturated rings. The Morgan fingerprint density at radius 1 is 1.30 bits per heavy atom. The van der Waals surface area contributed by atoms with Gasteiger partial charge in [-0.1, -0.05) is 23.7 Å². The van der Waals surface area contributed by atoms with Crippen molar-refractivity contribution in [3.8, 4) is 0 Å². The molecule has 2 aromatic heterocycles. The van der Waals surface area contributed by atoms with Crippen molar-refractivity contribution in [2.24, 2.45) is 5.41 Å². The smallest absolute Gasteiger partial charge is 0.550 e. The molecule has 0 spiro atoms. The number of aryl methyl sites for hydroxylation is 2. The zero-order valence-electron chi connectivity index (χ0n) is 21.3. The monoisotopic (exact) mass is 559 g/mol. The molecule has 0 saturated carbocycles. The van der Waals surface area contributed by atoms with Gasteiger partial charge in [-0.3, -0.25) is 10.00 Å². The summed E-state index contributed by atoms with van der Waals surface area (Å²) in [6, 6.07) is 7.99. The first-order valence-electron chi connectivity index (χ1n) is 11.4. The molecule has 4 rings (SSSR count). The number of likely N-dealkylation sites (tertiary alicyclic amines) is 1. The number of nitrogens with one attached hydrogen (secondary N) is 2. The predicted octanol–water partition coefficient (Wildman–Crippen LogP) is 0.239. The van der Waals surface area contributed by atoms with E-state index in [0.29, 0.717) is 42.1 Å². The minimum Gasteiger partial charge on any atom is -0.550 e. The number of carboxylic acids is 1. The number of aromatic nitrogens is 3. The van der Waals surface area contributed by atoms with Crippen LogP contribution in [0.3, 0.4) is 0 Å². The number of carboxylic acid groups (broad SMARTS) is 1. The number of aliphatic carboxylic acids is 1. The van der Waals surface area contributed by atoms with E-state index in [9.17, 15) is 18.7 Å². The number of anilines is 2. The Kier molecular flexibility index (Phi) is 11.2. The summed E-state index contributed by atoms with van der Waals surface area (Å²) >= 11 is 5.91. The largest absolute Gasteiger partial charge is 1.00 e. The van der Waals surface area contributed by atoms with Gasteiger partial charge in [0.25, 0.3) is 0 Å². The molecule has 2 atom stereocenters. The first-order valence-corrected chi connectivity index (χ1v) is 11.8. The fourth-order valence-electron chi connectivity index (χ4n) is 4.78. The maximum absolute atomic E-state index is 14.8. The van der Waals surface area contributed by atoms with E-state index in [1.807, 2.05) is 11.8 Å². The van der Waals surface area contributed by atoms with Crippen LogP contribution in [-0.2, 0) is 17.8 Å². The number of rotatable bonds is 7. The number of aromatic amines is 1. The zero-order valence-corrected chi connectivity index (χ0v) is 25.2. The van der Waals surface area contributed by atoms with Crippen LogP contribution in [0.5, 0.6) is 0 Å². The molecule has 0 bridgehead atoms. The summed E-state index contributed by atoms with van der Waals surface area (Å²) < 4.78 is 29.2. The summed E-state index contributed by atoms with van der Waals surface area (Å²) in [4.78, 5) is 18.8. The SMILES string of the molecule is Cc1cc(Nc2nc(C[C@@]3(C(=O)[O-])CCN(Cc4cccc(Cl)c4F)[C@H](C)C3)cc(C)c2F)[nH]n1.O.[K+]. The van der Waals surface area contributed by atoms with Crippen LogP contribution in [-0.4, -0.2) is 44.1 Å². The van der Waals surface area contributed by atoms with Gasteiger partial charge in [0.2, 0.25) is 0 Å². The summed E-state index contributed by atoms with van der Waals surface area (Å²) in [6.07, 6.45) is 0.678.